The first-order chi connectivity index (χ1) is 11.2. The lowest BCUT2D eigenvalue weighted by Gasteiger charge is -2.23. The van der Waals surface area contributed by atoms with E-state index >= 15 is 0 Å². The molecule has 2 heterocycles. The average molecular weight is 304 g/mol. The Morgan fingerprint density at radius 3 is 2.78 bits per heavy atom. The second kappa shape index (κ2) is 5.91. The molecule has 0 N–H and O–H groups in total. The minimum absolute atomic E-state index is 1.03. The Labute approximate surface area is 138 Å². The molecule has 118 valence electrons. The van der Waals surface area contributed by atoms with Crippen LogP contribution in [-0.2, 0) is 13.0 Å². The molecule has 4 rings (SSSR count). The largest absolute Gasteiger partial charge is 0.302 e. The molecule has 0 bridgehead atoms. The predicted octanol–water partition coefficient (Wildman–Crippen LogP) is 4.25. The topological polar surface area (TPSA) is 8.17 Å². The third-order valence-corrected chi connectivity index (χ3v) is 5.19. The maximum Gasteiger partial charge on any atom is 0.0618 e. The Morgan fingerprint density at radius 1 is 1.13 bits per heavy atom. The van der Waals surface area contributed by atoms with Gasteiger partial charge in [0.15, 0.2) is 0 Å². The van der Waals surface area contributed by atoms with Crippen LogP contribution in [0.2, 0.25) is 0 Å². The van der Waals surface area contributed by atoms with Crippen LogP contribution in [0.15, 0.2) is 29.8 Å². The van der Waals surface area contributed by atoms with Crippen molar-refractivity contribution >= 4 is 10.9 Å². The summed E-state index contributed by atoms with van der Waals surface area (Å²) in [6, 6.07) is 10.2. The van der Waals surface area contributed by atoms with E-state index < -0.39 is 0 Å². The molecular weight excluding hydrogens is 280 g/mol. The van der Waals surface area contributed by atoms with Crippen LogP contribution in [0.25, 0.3) is 10.9 Å². The lowest BCUT2D eigenvalue weighted by Crippen LogP contribution is -2.26. The summed E-state index contributed by atoms with van der Waals surface area (Å²) >= 11 is 0. The second-order valence-corrected chi connectivity index (χ2v) is 7.03. The molecule has 23 heavy (non-hydrogen) atoms. The molecule has 1 aromatic carbocycles. The van der Waals surface area contributed by atoms with E-state index in [1.165, 1.54) is 59.0 Å². The van der Waals surface area contributed by atoms with Crippen LogP contribution in [0.1, 0.15) is 42.5 Å². The Bertz CT molecular complexity index is 834. The van der Waals surface area contributed by atoms with Gasteiger partial charge in [0.1, 0.15) is 0 Å². The number of hydrogen-bond donors (Lipinski definition) is 0. The summed E-state index contributed by atoms with van der Waals surface area (Å²) in [7, 11) is 2.21. The van der Waals surface area contributed by atoms with Crippen molar-refractivity contribution in [1.29, 1.82) is 0 Å². The number of aromatic nitrogens is 1. The highest BCUT2D eigenvalue weighted by Crippen LogP contribution is 2.30. The van der Waals surface area contributed by atoms with E-state index in [9.17, 15) is 0 Å². The number of nitrogens with zero attached hydrogens (tertiary/aromatic N) is 2. The molecule has 1 aromatic heterocycles. The number of allylic oxidation sites excluding steroid dienone is 2. The van der Waals surface area contributed by atoms with Gasteiger partial charge < -0.3 is 4.90 Å². The van der Waals surface area contributed by atoms with Crippen LogP contribution in [-0.4, -0.2) is 23.1 Å². The lowest BCUT2D eigenvalue weighted by molar-refractivity contribution is 0.311. The van der Waals surface area contributed by atoms with Gasteiger partial charge in [0.05, 0.1) is 5.52 Å². The highest BCUT2D eigenvalue weighted by atomic mass is 15.1. The molecular formula is C21H24N2. The molecule has 1 aliphatic heterocycles. The fourth-order valence-corrected chi connectivity index (χ4v) is 3.91. The summed E-state index contributed by atoms with van der Waals surface area (Å²) in [6.45, 7) is 4.32. The molecule has 1 aliphatic carbocycles. The van der Waals surface area contributed by atoms with Crippen molar-refractivity contribution in [2.45, 2.75) is 45.6 Å². The highest BCUT2D eigenvalue weighted by molar-refractivity contribution is 5.87. The van der Waals surface area contributed by atoms with E-state index in [1.54, 1.807) is 0 Å². The van der Waals surface area contributed by atoms with Crippen LogP contribution in [0.3, 0.4) is 0 Å². The number of aryl methyl sites for hydroxylation is 1. The Kier molecular flexibility index (Phi) is 3.75. The van der Waals surface area contributed by atoms with E-state index in [2.05, 4.69) is 59.7 Å². The smallest absolute Gasteiger partial charge is 0.0618 e. The Morgan fingerprint density at radius 2 is 1.96 bits per heavy atom. The van der Waals surface area contributed by atoms with E-state index in [4.69, 9.17) is 0 Å². The van der Waals surface area contributed by atoms with Crippen LogP contribution in [0, 0.1) is 18.9 Å². The molecule has 2 heteroatoms. The standard InChI is InChI=1S/C21H24N2/c1-16-9-10-20-18(14-16)19-15-22(2)13-11-21(19)23(20)12-5-8-17-6-3-4-7-17/h8-10,14H,3-4,6-7,11,13,15H2,1-2H3. The lowest BCUT2D eigenvalue weighted by atomic mass is 10.0. The molecule has 0 spiro atoms. The fourth-order valence-electron chi connectivity index (χ4n) is 3.91. The number of hydrogen-bond acceptors (Lipinski definition) is 1. The molecule has 1 fully saturated rings. The quantitative estimate of drug-likeness (QED) is 0.661. The second-order valence-electron chi connectivity index (χ2n) is 7.03. The molecule has 2 aliphatic rings. The van der Waals surface area contributed by atoms with E-state index in [1.807, 2.05) is 0 Å². The van der Waals surface area contributed by atoms with E-state index in [0.717, 1.165) is 19.5 Å². The summed E-state index contributed by atoms with van der Waals surface area (Å²) in [4.78, 5) is 2.41. The summed E-state index contributed by atoms with van der Waals surface area (Å²) in [5.74, 6) is 3.34. The SMILES string of the molecule is Cc1ccc2c(c1)c1c(n2C#CC=C2CCCC2)CCN(C)C1. The third kappa shape index (κ3) is 2.71. The molecule has 0 atom stereocenters. The maximum absolute atomic E-state index is 3.43. The zero-order valence-corrected chi connectivity index (χ0v) is 14.2. The summed E-state index contributed by atoms with van der Waals surface area (Å²) in [6.07, 6.45) is 8.40. The van der Waals surface area contributed by atoms with Crippen LogP contribution < -0.4 is 0 Å². The van der Waals surface area contributed by atoms with Crippen molar-refractivity contribution in [2.75, 3.05) is 13.6 Å². The van der Waals surface area contributed by atoms with Gasteiger partial charge in [0.25, 0.3) is 0 Å². The first-order valence-electron chi connectivity index (χ1n) is 8.73. The molecule has 0 saturated heterocycles. The summed E-state index contributed by atoms with van der Waals surface area (Å²) < 4.78 is 2.25. The molecule has 0 unspecified atom stereocenters. The van der Waals surface area contributed by atoms with Gasteiger partial charge >= 0.3 is 0 Å². The van der Waals surface area contributed by atoms with Crippen molar-refractivity contribution in [1.82, 2.24) is 9.47 Å². The molecule has 2 aromatic rings. The predicted molar refractivity (Wildman–Crippen MR) is 96.4 cm³/mol. The molecule has 0 amide bonds. The number of benzene rings is 1. The first-order valence-corrected chi connectivity index (χ1v) is 8.73. The zero-order chi connectivity index (χ0) is 15.8. The van der Waals surface area contributed by atoms with Gasteiger partial charge in [-0.1, -0.05) is 23.1 Å². The maximum atomic E-state index is 3.43. The van der Waals surface area contributed by atoms with Crippen molar-refractivity contribution in [3.8, 4) is 12.0 Å². The normalized spacial score (nSPS) is 17.9. The van der Waals surface area contributed by atoms with Crippen LogP contribution in [0.5, 0.6) is 0 Å². The molecule has 2 nitrogen and oxygen atoms in total. The van der Waals surface area contributed by atoms with Crippen LogP contribution >= 0.6 is 0 Å². The highest BCUT2D eigenvalue weighted by Gasteiger charge is 2.21. The van der Waals surface area contributed by atoms with Crippen molar-refractivity contribution in [3.63, 3.8) is 0 Å². The summed E-state index contributed by atoms with van der Waals surface area (Å²) in [5.41, 5.74) is 7.01. The number of likely N-dealkylation sites (N-methyl/N-ethyl adjacent to an activating group) is 1. The minimum Gasteiger partial charge on any atom is -0.302 e. The van der Waals surface area contributed by atoms with Crippen molar-refractivity contribution in [2.24, 2.45) is 0 Å². The van der Waals surface area contributed by atoms with Crippen molar-refractivity contribution in [3.05, 3.63) is 46.7 Å². The van der Waals surface area contributed by atoms with Crippen LogP contribution in [0.4, 0.5) is 0 Å². The fraction of sp³-hybridized carbons (Fsp3) is 0.429. The third-order valence-electron chi connectivity index (χ3n) is 5.19. The van der Waals surface area contributed by atoms with Gasteiger partial charge in [0.2, 0.25) is 0 Å². The van der Waals surface area contributed by atoms with Gasteiger partial charge in [-0.25, -0.2) is 0 Å². The van der Waals surface area contributed by atoms with Gasteiger partial charge in [-0.15, -0.1) is 0 Å². The number of fused-ring (bicyclic) bond motifs is 3. The van der Waals surface area contributed by atoms with Crippen molar-refractivity contribution < 1.29 is 0 Å². The van der Waals surface area contributed by atoms with Gasteiger partial charge in [-0.2, -0.15) is 0 Å². The zero-order valence-electron chi connectivity index (χ0n) is 14.2. The molecule has 0 radical (unpaired) electrons. The van der Waals surface area contributed by atoms with Gasteiger partial charge in [-0.05, 0) is 63.4 Å². The first kappa shape index (κ1) is 14.6. The van der Waals surface area contributed by atoms with E-state index in [0.29, 0.717) is 0 Å². The molecule has 1 saturated carbocycles. The summed E-state index contributed by atoms with van der Waals surface area (Å²) in [5, 5.41) is 1.38. The number of rotatable bonds is 0. The Balaban J connectivity index is 1.83. The van der Waals surface area contributed by atoms with Gasteiger partial charge in [0, 0.05) is 36.6 Å². The Hall–Kier alpha value is -1.98. The van der Waals surface area contributed by atoms with Gasteiger partial charge in [-0.3, -0.25) is 4.57 Å². The monoisotopic (exact) mass is 304 g/mol. The van der Waals surface area contributed by atoms with E-state index in [-0.39, 0.29) is 0 Å². The average Bonchev–Trinajstić information content (AvgIpc) is 3.15. The minimum atomic E-state index is 1.03.